The largest absolute Gasteiger partial charge is 0.303 e. The van der Waals surface area contributed by atoms with Gasteiger partial charge in [-0.05, 0) is 45.9 Å². The number of benzene rings is 2. The van der Waals surface area contributed by atoms with Crippen molar-refractivity contribution in [1.29, 1.82) is 0 Å². The van der Waals surface area contributed by atoms with Gasteiger partial charge in [-0.2, -0.15) is 0 Å². The standard InChI is InChI=1S/C13H18O.C13H20.I2.HI/c1-13(2,3)12-8-6-11(7-9-12)5-4-10-14;1-5-7-11-8-6-9-12(10-11)13(2,3)4;1-2;/h6-10H,4-5H2,1-3H3;6,8-10H,5,7H2,1-4H3;;1H. The third kappa shape index (κ3) is 13.7. The van der Waals surface area contributed by atoms with Crippen molar-refractivity contribution in [1.82, 2.24) is 0 Å². The summed E-state index contributed by atoms with van der Waals surface area (Å²) in [5.74, 6) is 0. The van der Waals surface area contributed by atoms with Crippen molar-refractivity contribution in [2.75, 3.05) is 0 Å². The second-order valence-electron chi connectivity index (χ2n) is 9.35. The first-order chi connectivity index (χ1) is 13.6. The minimum Gasteiger partial charge on any atom is -0.303 e. The van der Waals surface area contributed by atoms with Gasteiger partial charge in [0.05, 0.1) is 0 Å². The van der Waals surface area contributed by atoms with Crippen LogP contribution in [0.5, 0.6) is 0 Å². The fourth-order valence-electron chi connectivity index (χ4n) is 2.88. The van der Waals surface area contributed by atoms with E-state index in [-0.39, 0.29) is 34.8 Å². The summed E-state index contributed by atoms with van der Waals surface area (Å²) in [7, 11) is 0. The molecule has 0 amide bonds. The van der Waals surface area contributed by atoms with Crippen molar-refractivity contribution in [3.63, 3.8) is 0 Å². The predicted octanol–water partition coefficient (Wildman–Crippen LogP) is 9.44. The molecule has 0 spiro atoms. The third-order valence-corrected chi connectivity index (χ3v) is 4.70. The molecule has 0 atom stereocenters. The van der Waals surface area contributed by atoms with Gasteiger partial charge in [0.2, 0.25) is 0 Å². The predicted molar refractivity (Wildman–Crippen MR) is 162 cm³/mol. The molecule has 0 bridgehead atoms. The van der Waals surface area contributed by atoms with Gasteiger partial charge in [0.15, 0.2) is 0 Å². The summed E-state index contributed by atoms with van der Waals surface area (Å²) in [6.45, 7) is 15.6. The Morgan fingerprint density at radius 3 is 1.73 bits per heavy atom. The van der Waals surface area contributed by atoms with Gasteiger partial charge in [-0.1, -0.05) is 103 Å². The summed E-state index contributed by atoms with van der Waals surface area (Å²) in [5.41, 5.74) is 5.98. The highest BCUT2D eigenvalue weighted by Crippen LogP contribution is 2.23. The molecule has 0 radical (unpaired) electrons. The summed E-state index contributed by atoms with van der Waals surface area (Å²) in [4.78, 5) is 10.2. The van der Waals surface area contributed by atoms with E-state index in [9.17, 15) is 4.79 Å². The van der Waals surface area contributed by atoms with E-state index in [4.69, 9.17) is 0 Å². The zero-order valence-electron chi connectivity index (χ0n) is 19.6. The van der Waals surface area contributed by atoms with Gasteiger partial charge in [-0.15, -0.1) is 24.0 Å². The van der Waals surface area contributed by atoms with Crippen LogP contribution < -0.4 is 0 Å². The zero-order valence-corrected chi connectivity index (χ0v) is 26.2. The molecule has 0 fully saturated rings. The van der Waals surface area contributed by atoms with E-state index in [1.165, 1.54) is 35.1 Å². The highest BCUT2D eigenvalue weighted by atomic mass is 128. The minimum atomic E-state index is 0. The van der Waals surface area contributed by atoms with Gasteiger partial charge >= 0.3 is 0 Å². The fourth-order valence-corrected chi connectivity index (χ4v) is 2.88. The van der Waals surface area contributed by atoms with Crippen molar-refractivity contribution in [3.05, 3.63) is 70.8 Å². The van der Waals surface area contributed by atoms with Crippen molar-refractivity contribution < 1.29 is 4.79 Å². The van der Waals surface area contributed by atoms with Crippen LogP contribution in [0.4, 0.5) is 0 Å². The second kappa shape index (κ2) is 16.9. The first-order valence-corrected chi connectivity index (χ1v) is 16.6. The van der Waals surface area contributed by atoms with Crippen LogP contribution in [0.1, 0.15) is 83.6 Å². The van der Waals surface area contributed by atoms with E-state index >= 15 is 0 Å². The summed E-state index contributed by atoms with van der Waals surface area (Å²) in [6.07, 6.45) is 4.87. The molecule has 2 aromatic carbocycles. The van der Waals surface area contributed by atoms with Crippen LogP contribution in [0.3, 0.4) is 0 Å². The molecule has 0 saturated heterocycles. The smallest absolute Gasteiger partial charge is 0.120 e. The van der Waals surface area contributed by atoms with Gasteiger partial charge in [-0.25, -0.2) is 0 Å². The Balaban J connectivity index is 0. The van der Waals surface area contributed by atoms with E-state index in [2.05, 4.69) is 134 Å². The Morgan fingerprint density at radius 1 is 0.767 bits per heavy atom. The van der Waals surface area contributed by atoms with Gasteiger partial charge < -0.3 is 4.79 Å². The van der Waals surface area contributed by atoms with Gasteiger partial charge in [0, 0.05) is 43.7 Å². The molecular weight excluding hydrogens is 709 g/mol. The highest BCUT2D eigenvalue weighted by molar-refractivity contribution is 15.0. The van der Waals surface area contributed by atoms with Crippen LogP contribution in [0.25, 0.3) is 0 Å². The lowest BCUT2D eigenvalue weighted by atomic mass is 9.86. The minimum absolute atomic E-state index is 0. The summed E-state index contributed by atoms with van der Waals surface area (Å²) < 4.78 is 0. The van der Waals surface area contributed by atoms with E-state index in [0.29, 0.717) is 6.42 Å². The molecule has 0 N–H and O–H groups in total. The molecule has 0 heterocycles. The summed E-state index contributed by atoms with van der Waals surface area (Å²) >= 11 is 4.24. The van der Waals surface area contributed by atoms with Crippen molar-refractivity contribution >= 4 is 67.5 Å². The van der Waals surface area contributed by atoms with Crippen LogP contribution in [0.15, 0.2) is 48.5 Å². The van der Waals surface area contributed by atoms with E-state index in [0.717, 1.165) is 12.7 Å². The Bertz CT molecular complexity index is 695. The molecule has 2 rings (SSSR count). The first-order valence-electron chi connectivity index (χ1n) is 10.3. The SMILES string of the molecule is CC(C)(C)c1ccc(CCC=O)cc1.CCCc1cccc(C(C)(C)C)c1.I.II. The third-order valence-electron chi connectivity index (χ3n) is 4.70. The van der Waals surface area contributed by atoms with E-state index in [1.54, 1.807) is 0 Å². The van der Waals surface area contributed by atoms with Crippen LogP contribution in [0, 0.1) is 0 Å². The van der Waals surface area contributed by atoms with Crippen molar-refractivity contribution in [2.24, 2.45) is 0 Å². The molecule has 0 aromatic heterocycles. The van der Waals surface area contributed by atoms with Crippen molar-refractivity contribution in [3.8, 4) is 0 Å². The van der Waals surface area contributed by atoms with Crippen molar-refractivity contribution in [2.45, 2.75) is 85.0 Å². The average Bonchev–Trinajstić information content (AvgIpc) is 2.68. The Morgan fingerprint density at radius 2 is 1.30 bits per heavy atom. The first kappa shape index (κ1) is 32.5. The summed E-state index contributed by atoms with van der Waals surface area (Å²) in [6, 6.07) is 17.5. The number of rotatable bonds is 5. The maximum absolute atomic E-state index is 10.2. The zero-order chi connectivity index (χ0) is 22.5. The second-order valence-corrected chi connectivity index (χ2v) is 9.35. The van der Waals surface area contributed by atoms with Gasteiger partial charge in [-0.3, -0.25) is 0 Å². The van der Waals surface area contributed by atoms with E-state index < -0.39 is 0 Å². The normalized spacial score (nSPS) is 10.6. The quantitative estimate of drug-likeness (QED) is 0.220. The highest BCUT2D eigenvalue weighted by Gasteiger charge is 2.13. The Labute approximate surface area is 225 Å². The Hall–Kier alpha value is 0.300. The van der Waals surface area contributed by atoms with E-state index in [1.807, 2.05) is 0 Å². The molecule has 0 unspecified atom stereocenters. The monoisotopic (exact) mass is 748 g/mol. The number of hydrogen-bond acceptors (Lipinski definition) is 1. The van der Waals surface area contributed by atoms with Crippen LogP contribution >= 0.6 is 61.2 Å². The molecule has 1 nitrogen and oxygen atoms in total. The molecule has 170 valence electrons. The number of carbonyl (C=O) groups is 1. The molecule has 4 heteroatoms. The lowest BCUT2D eigenvalue weighted by Gasteiger charge is -2.19. The van der Waals surface area contributed by atoms with Gasteiger partial charge in [0.25, 0.3) is 0 Å². The fraction of sp³-hybridized carbons (Fsp3) is 0.500. The molecule has 0 aliphatic heterocycles. The molecular formula is C26H39I3O. The molecule has 0 saturated carbocycles. The maximum atomic E-state index is 10.2. The van der Waals surface area contributed by atoms with Crippen LogP contribution in [0.2, 0.25) is 0 Å². The number of carbonyl (C=O) groups excluding carboxylic acids is 1. The van der Waals surface area contributed by atoms with Crippen LogP contribution in [-0.4, -0.2) is 6.29 Å². The molecule has 2 aromatic rings. The Kier molecular flexibility index (Phi) is 18.3. The molecule has 0 aliphatic rings. The lowest BCUT2D eigenvalue weighted by Crippen LogP contribution is -2.11. The molecule has 0 aliphatic carbocycles. The number of aldehydes is 1. The maximum Gasteiger partial charge on any atom is 0.120 e. The topological polar surface area (TPSA) is 17.1 Å². The number of halogens is 3. The van der Waals surface area contributed by atoms with Gasteiger partial charge in [0.1, 0.15) is 6.29 Å². The lowest BCUT2D eigenvalue weighted by molar-refractivity contribution is -0.107. The number of hydrogen-bond donors (Lipinski definition) is 0. The number of aryl methyl sites for hydroxylation is 2. The summed E-state index contributed by atoms with van der Waals surface area (Å²) in [5, 5.41) is 0. The molecule has 30 heavy (non-hydrogen) atoms. The van der Waals surface area contributed by atoms with Crippen LogP contribution in [-0.2, 0) is 28.5 Å². The average molecular weight is 748 g/mol.